The smallest absolute Gasteiger partial charge is 0.223 e. The second kappa shape index (κ2) is 5.77. The minimum Gasteiger partial charge on any atom is -0.337 e. The van der Waals surface area contributed by atoms with Gasteiger partial charge in [0.15, 0.2) is 0 Å². The molecule has 2 unspecified atom stereocenters. The molecule has 2 heterocycles. The standard InChI is InChI=1S/C17H22ClNO/c1-12-2-4-13(5-3-12)6-9-17(20)19-15-7-8-16(19)11-14(18)10-15/h2-5,14-16H,6-11H2,1H3. The largest absolute Gasteiger partial charge is 0.337 e. The van der Waals surface area contributed by atoms with E-state index in [1.54, 1.807) is 0 Å². The fourth-order valence-electron chi connectivity index (χ4n) is 3.65. The van der Waals surface area contributed by atoms with E-state index in [2.05, 4.69) is 36.1 Å². The van der Waals surface area contributed by atoms with Crippen LogP contribution in [0.1, 0.15) is 43.2 Å². The molecule has 108 valence electrons. The van der Waals surface area contributed by atoms with Crippen molar-refractivity contribution in [3.05, 3.63) is 35.4 Å². The summed E-state index contributed by atoms with van der Waals surface area (Å²) in [6.45, 7) is 2.09. The lowest BCUT2D eigenvalue weighted by Crippen LogP contribution is -2.47. The number of rotatable bonds is 3. The van der Waals surface area contributed by atoms with E-state index in [0.717, 1.165) is 32.1 Å². The summed E-state index contributed by atoms with van der Waals surface area (Å²) in [6.07, 6.45) is 5.72. The van der Waals surface area contributed by atoms with Crippen molar-refractivity contribution in [2.24, 2.45) is 0 Å². The molecule has 0 radical (unpaired) electrons. The van der Waals surface area contributed by atoms with Crippen molar-refractivity contribution in [1.29, 1.82) is 0 Å². The summed E-state index contributed by atoms with van der Waals surface area (Å²) in [5.74, 6) is 0.321. The molecule has 0 aliphatic carbocycles. The molecule has 2 aliphatic rings. The van der Waals surface area contributed by atoms with Crippen LogP contribution in [0.3, 0.4) is 0 Å². The number of amides is 1. The average Bonchev–Trinajstić information content (AvgIpc) is 2.70. The molecule has 1 aromatic carbocycles. The first-order chi connectivity index (χ1) is 9.63. The first-order valence-corrected chi connectivity index (χ1v) is 8.08. The summed E-state index contributed by atoms with van der Waals surface area (Å²) in [7, 11) is 0. The van der Waals surface area contributed by atoms with Crippen LogP contribution in [0.15, 0.2) is 24.3 Å². The molecule has 0 aromatic heterocycles. The third kappa shape index (κ3) is 2.85. The van der Waals surface area contributed by atoms with Crippen LogP contribution in [-0.4, -0.2) is 28.3 Å². The van der Waals surface area contributed by atoms with Gasteiger partial charge in [0, 0.05) is 23.9 Å². The number of piperidine rings is 1. The van der Waals surface area contributed by atoms with Gasteiger partial charge in [-0.1, -0.05) is 29.8 Å². The molecule has 0 saturated carbocycles. The lowest BCUT2D eigenvalue weighted by atomic mass is 10.0. The number of halogens is 1. The molecule has 2 aliphatic heterocycles. The number of hydrogen-bond donors (Lipinski definition) is 0. The lowest BCUT2D eigenvalue weighted by Gasteiger charge is -2.37. The molecule has 1 aromatic rings. The van der Waals surface area contributed by atoms with Gasteiger partial charge in [-0.15, -0.1) is 11.6 Å². The first kappa shape index (κ1) is 13.9. The number of nitrogens with zero attached hydrogens (tertiary/aromatic N) is 1. The van der Waals surface area contributed by atoms with E-state index >= 15 is 0 Å². The zero-order chi connectivity index (χ0) is 14.1. The van der Waals surface area contributed by atoms with E-state index in [9.17, 15) is 4.79 Å². The third-order valence-corrected chi connectivity index (χ3v) is 5.07. The van der Waals surface area contributed by atoms with Crippen LogP contribution in [0.25, 0.3) is 0 Å². The van der Waals surface area contributed by atoms with E-state index in [1.807, 2.05) is 0 Å². The summed E-state index contributed by atoms with van der Waals surface area (Å²) in [5, 5.41) is 0.272. The van der Waals surface area contributed by atoms with Crippen molar-refractivity contribution < 1.29 is 4.79 Å². The molecular weight excluding hydrogens is 270 g/mol. The van der Waals surface area contributed by atoms with Crippen LogP contribution < -0.4 is 0 Å². The Balaban J connectivity index is 1.58. The highest BCUT2D eigenvalue weighted by atomic mass is 35.5. The van der Waals surface area contributed by atoms with Crippen LogP contribution in [0.2, 0.25) is 0 Å². The van der Waals surface area contributed by atoms with Crippen LogP contribution in [0.5, 0.6) is 0 Å². The topological polar surface area (TPSA) is 20.3 Å². The number of carbonyl (C=O) groups excluding carboxylic acids is 1. The van der Waals surface area contributed by atoms with Crippen molar-refractivity contribution in [2.75, 3.05) is 0 Å². The van der Waals surface area contributed by atoms with Crippen molar-refractivity contribution in [1.82, 2.24) is 4.90 Å². The number of alkyl halides is 1. The molecule has 2 saturated heterocycles. The Morgan fingerprint density at radius 1 is 1.20 bits per heavy atom. The molecule has 2 bridgehead atoms. The molecular formula is C17H22ClNO. The van der Waals surface area contributed by atoms with Crippen molar-refractivity contribution in [3.8, 4) is 0 Å². The number of hydrogen-bond acceptors (Lipinski definition) is 1. The maximum atomic E-state index is 12.5. The second-order valence-corrected chi connectivity index (χ2v) is 6.86. The Kier molecular flexibility index (Phi) is 4.02. The molecule has 2 nitrogen and oxygen atoms in total. The SMILES string of the molecule is Cc1ccc(CCC(=O)N2C3CCC2CC(Cl)C3)cc1. The maximum Gasteiger partial charge on any atom is 0.223 e. The van der Waals surface area contributed by atoms with Crippen molar-refractivity contribution >= 4 is 17.5 Å². The molecule has 2 atom stereocenters. The van der Waals surface area contributed by atoms with E-state index in [4.69, 9.17) is 11.6 Å². The minimum atomic E-state index is 0.272. The van der Waals surface area contributed by atoms with E-state index in [0.29, 0.717) is 24.4 Å². The Morgan fingerprint density at radius 3 is 2.40 bits per heavy atom. The zero-order valence-corrected chi connectivity index (χ0v) is 12.8. The zero-order valence-electron chi connectivity index (χ0n) is 12.0. The van der Waals surface area contributed by atoms with Gasteiger partial charge in [-0.25, -0.2) is 0 Å². The number of aryl methyl sites for hydroxylation is 2. The fraction of sp³-hybridized carbons (Fsp3) is 0.588. The minimum absolute atomic E-state index is 0.272. The number of fused-ring (bicyclic) bond motifs is 2. The van der Waals surface area contributed by atoms with E-state index in [-0.39, 0.29) is 5.38 Å². The van der Waals surface area contributed by atoms with Crippen LogP contribution >= 0.6 is 11.6 Å². The highest BCUT2D eigenvalue weighted by Crippen LogP contribution is 2.38. The molecule has 1 amide bonds. The summed E-state index contributed by atoms with van der Waals surface area (Å²) in [4.78, 5) is 14.6. The lowest BCUT2D eigenvalue weighted by molar-refractivity contribution is -0.135. The second-order valence-electron chi connectivity index (χ2n) is 6.24. The predicted molar refractivity (Wildman–Crippen MR) is 82.0 cm³/mol. The third-order valence-electron chi connectivity index (χ3n) is 4.71. The highest BCUT2D eigenvalue weighted by Gasteiger charge is 2.42. The van der Waals surface area contributed by atoms with Gasteiger partial charge in [0.05, 0.1) is 0 Å². The molecule has 3 rings (SSSR count). The van der Waals surface area contributed by atoms with Gasteiger partial charge >= 0.3 is 0 Å². The summed E-state index contributed by atoms with van der Waals surface area (Å²) in [6, 6.07) is 9.29. The molecule has 0 N–H and O–H groups in total. The van der Waals surface area contributed by atoms with Crippen molar-refractivity contribution in [3.63, 3.8) is 0 Å². The van der Waals surface area contributed by atoms with Gasteiger partial charge in [0.1, 0.15) is 0 Å². The fourth-order valence-corrected chi connectivity index (χ4v) is 4.06. The van der Waals surface area contributed by atoms with Crippen LogP contribution in [0, 0.1) is 6.92 Å². The summed E-state index contributed by atoms with van der Waals surface area (Å²) in [5.41, 5.74) is 2.52. The van der Waals surface area contributed by atoms with Crippen LogP contribution in [0.4, 0.5) is 0 Å². The van der Waals surface area contributed by atoms with Gasteiger partial charge < -0.3 is 4.90 Å². The number of benzene rings is 1. The Bertz CT molecular complexity index is 470. The molecule has 20 heavy (non-hydrogen) atoms. The predicted octanol–water partition coefficient (Wildman–Crippen LogP) is 3.69. The monoisotopic (exact) mass is 291 g/mol. The van der Waals surface area contributed by atoms with Gasteiger partial charge in [0.2, 0.25) is 5.91 Å². The molecule has 3 heteroatoms. The van der Waals surface area contributed by atoms with E-state index < -0.39 is 0 Å². The number of carbonyl (C=O) groups is 1. The van der Waals surface area contributed by atoms with E-state index in [1.165, 1.54) is 11.1 Å². The van der Waals surface area contributed by atoms with Gasteiger partial charge in [-0.2, -0.15) is 0 Å². The normalized spacial score (nSPS) is 28.7. The Hall–Kier alpha value is -1.02. The molecule has 0 spiro atoms. The highest BCUT2D eigenvalue weighted by molar-refractivity contribution is 6.20. The van der Waals surface area contributed by atoms with Crippen LogP contribution in [-0.2, 0) is 11.2 Å². The summed E-state index contributed by atoms with van der Waals surface area (Å²) < 4.78 is 0. The summed E-state index contributed by atoms with van der Waals surface area (Å²) >= 11 is 6.27. The van der Waals surface area contributed by atoms with Gasteiger partial charge in [-0.3, -0.25) is 4.79 Å². The quantitative estimate of drug-likeness (QED) is 0.778. The Morgan fingerprint density at radius 2 is 1.80 bits per heavy atom. The Labute approximate surface area is 126 Å². The average molecular weight is 292 g/mol. The van der Waals surface area contributed by atoms with Crippen molar-refractivity contribution in [2.45, 2.75) is 62.9 Å². The van der Waals surface area contributed by atoms with Gasteiger partial charge in [-0.05, 0) is 44.6 Å². The molecule has 2 fully saturated rings. The first-order valence-electron chi connectivity index (χ1n) is 7.64. The van der Waals surface area contributed by atoms with Gasteiger partial charge in [0.25, 0.3) is 0 Å². The maximum absolute atomic E-state index is 12.5.